The highest BCUT2D eigenvalue weighted by Gasteiger charge is 2.42. The first-order valence-corrected chi connectivity index (χ1v) is 8.96. The standard InChI is InChI=1S/C21H24N2O2/c1-22-20(24)17-8-6-16(7-9-17)14-23-12-10-21(11-13-23)15-25-19-5-3-2-4-18(19)21/h2-9H,10-15H2,1H3,(H,22,24). The lowest BCUT2D eigenvalue weighted by atomic mass is 9.74. The molecule has 4 rings (SSSR count). The predicted molar refractivity (Wildman–Crippen MR) is 98.0 cm³/mol. The number of piperidine rings is 1. The van der Waals surface area contributed by atoms with Crippen LogP contribution in [0.15, 0.2) is 48.5 Å². The van der Waals surface area contributed by atoms with Crippen molar-refractivity contribution in [3.05, 3.63) is 65.2 Å². The Labute approximate surface area is 148 Å². The molecule has 0 saturated carbocycles. The van der Waals surface area contributed by atoms with Crippen LogP contribution < -0.4 is 10.1 Å². The molecule has 0 atom stereocenters. The van der Waals surface area contributed by atoms with Gasteiger partial charge < -0.3 is 10.1 Å². The third-order valence-electron chi connectivity index (χ3n) is 5.62. The molecule has 1 spiro atoms. The van der Waals surface area contributed by atoms with Crippen molar-refractivity contribution in [3.8, 4) is 5.75 Å². The minimum atomic E-state index is -0.0358. The molecule has 0 aliphatic carbocycles. The minimum absolute atomic E-state index is 0.0358. The summed E-state index contributed by atoms with van der Waals surface area (Å²) in [6.07, 6.45) is 2.28. The van der Waals surface area contributed by atoms with Crippen LogP contribution in [-0.4, -0.2) is 37.6 Å². The summed E-state index contributed by atoms with van der Waals surface area (Å²) in [6, 6.07) is 16.4. The molecule has 2 heterocycles. The number of hydrogen-bond donors (Lipinski definition) is 1. The average Bonchev–Trinajstić information content (AvgIpc) is 3.02. The Kier molecular flexibility index (Phi) is 4.22. The molecule has 4 nitrogen and oxygen atoms in total. The number of nitrogens with one attached hydrogen (secondary N) is 1. The molecule has 1 N–H and O–H groups in total. The van der Waals surface area contributed by atoms with Crippen LogP contribution in [0.4, 0.5) is 0 Å². The van der Waals surface area contributed by atoms with Gasteiger partial charge in [-0.05, 0) is 49.7 Å². The molecule has 0 aromatic heterocycles. The van der Waals surface area contributed by atoms with Crippen molar-refractivity contribution in [2.24, 2.45) is 0 Å². The fourth-order valence-corrected chi connectivity index (χ4v) is 4.04. The summed E-state index contributed by atoms with van der Waals surface area (Å²) in [4.78, 5) is 14.1. The monoisotopic (exact) mass is 336 g/mol. The highest BCUT2D eigenvalue weighted by Crippen LogP contribution is 2.45. The molecular weight excluding hydrogens is 312 g/mol. The fourth-order valence-electron chi connectivity index (χ4n) is 4.04. The van der Waals surface area contributed by atoms with Crippen molar-refractivity contribution in [2.75, 3.05) is 26.7 Å². The van der Waals surface area contributed by atoms with Gasteiger partial charge in [0, 0.05) is 30.1 Å². The first-order valence-electron chi connectivity index (χ1n) is 8.96. The highest BCUT2D eigenvalue weighted by atomic mass is 16.5. The minimum Gasteiger partial charge on any atom is -0.492 e. The summed E-state index contributed by atoms with van der Waals surface area (Å²) in [5, 5.41) is 2.66. The number of nitrogens with zero attached hydrogens (tertiary/aromatic N) is 1. The van der Waals surface area contributed by atoms with E-state index in [2.05, 4.69) is 46.6 Å². The van der Waals surface area contributed by atoms with Crippen molar-refractivity contribution in [3.63, 3.8) is 0 Å². The van der Waals surface area contributed by atoms with Gasteiger partial charge in [0.15, 0.2) is 0 Å². The number of ether oxygens (including phenoxy) is 1. The molecule has 1 fully saturated rings. The lowest BCUT2D eigenvalue weighted by molar-refractivity contribution is 0.0963. The molecule has 130 valence electrons. The number of hydrogen-bond acceptors (Lipinski definition) is 3. The van der Waals surface area contributed by atoms with Crippen LogP contribution in [0.1, 0.15) is 34.3 Å². The first kappa shape index (κ1) is 16.2. The molecule has 2 aromatic carbocycles. The van der Waals surface area contributed by atoms with Gasteiger partial charge in [0.05, 0.1) is 6.61 Å². The second-order valence-electron chi connectivity index (χ2n) is 7.12. The average molecular weight is 336 g/mol. The molecule has 1 amide bonds. The Balaban J connectivity index is 1.39. The summed E-state index contributed by atoms with van der Waals surface area (Å²) in [7, 11) is 1.66. The molecule has 0 bridgehead atoms. The van der Waals surface area contributed by atoms with Crippen LogP contribution in [0, 0.1) is 0 Å². The second kappa shape index (κ2) is 6.52. The topological polar surface area (TPSA) is 41.6 Å². The van der Waals surface area contributed by atoms with E-state index >= 15 is 0 Å². The number of amides is 1. The van der Waals surface area contributed by atoms with Gasteiger partial charge >= 0.3 is 0 Å². The Morgan fingerprint density at radius 2 is 1.84 bits per heavy atom. The lowest BCUT2D eigenvalue weighted by Crippen LogP contribution is -2.43. The zero-order chi connectivity index (χ0) is 17.3. The SMILES string of the molecule is CNC(=O)c1ccc(CN2CCC3(CC2)COc2ccccc23)cc1. The van der Waals surface area contributed by atoms with Gasteiger partial charge in [-0.3, -0.25) is 9.69 Å². The number of fused-ring (bicyclic) bond motifs is 2. The van der Waals surface area contributed by atoms with E-state index in [-0.39, 0.29) is 11.3 Å². The second-order valence-corrected chi connectivity index (χ2v) is 7.12. The van der Waals surface area contributed by atoms with Gasteiger partial charge in [0.2, 0.25) is 0 Å². The number of carbonyl (C=O) groups excluding carboxylic acids is 1. The molecule has 25 heavy (non-hydrogen) atoms. The van der Waals surface area contributed by atoms with Crippen molar-refractivity contribution in [1.29, 1.82) is 0 Å². The summed E-state index contributed by atoms with van der Waals surface area (Å²) in [5.41, 5.74) is 3.57. The van der Waals surface area contributed by atoms with E-state index in [1.807, 2.05) is 12.1 Å². The van der Waals surface area contributed by atoms with Crippen molar-refractivity contribution >= 4 is 5.91 Å². The van der Waals surface area contributed by atoms with E-state index in [0.29, 0.717) is 5.56 Å². The quantitative estimate of drug-likeness (QED) is 0.937. The van der Waals surface area contributed by atoms with Crippen LogP contribution in [0.2, 0.25) is 0 Å². The fraction of sp³-hybridized carbons (Fsp3) is 0.381. The lowest BCUT2D eigenvalue weighted by Gasteiger charge is -2.38. The number of rotatable bonds is 3. The van der Waals surface area contributed by atoms with E-state index in [0.717, 1.165) is 44.8 Å². The van der Waals surface area contributed by atoms with Crippen LogP contribution in [0.5, 0.6) is 5.75 Å². The van der Waals surface area contributed by atoms with E-state index in [4.69, 9.17) is 4.74 Å². The van der Waals surface area contributed by atoms with Crippen LogP contribution in [0.3, 0.4) is 0 Å². The van der Waals surface area contributed by atoms with Gasteiger partial charge in [0.25, 0.3) is 5.91 Å². The maximum Gasteiger partial charge on any atom is 0.251 e. The maximum atomic E-state index is 11.6. The van der Waals surface area contributed by atoms with Crippen molar-refractivity contribution < 1.29 is 9.53 Å². The molecule has 0 unspecified atom stereocenters. The zero-order valence-corrected chi connectivity index (χ0v) is 14.6. The van der Waals surface area contributed by atoms with Crippen LogP contribution in [0.25, 0.3) is 0 Å². The molecule has 2 aliphatic rings. The number of carbonyl (C=O) groups is 1. The van der Waals surface area contributed by atoms with Crippen LogP contribution >= 0.6 is 0 Å². The third kappa shape index (κ3) is 3.02. The summed E-state index contributed by atoms with van der Waals surface area (Å²) < 4.78 is 5.94. The summed E-state index contributed by atoms with van der Waals surface area (Å²) in [6.45, 7) is 3.91. The van der Waals surface area contributed by atoms with Crippen LogP contribution in [-0.2, 0) is 12.0 Å². The first-order chi connectivity index (χ1) is 12.2. The Hall–Kier alpha value is -2.33. The number of likely N-dealkylation sites (tertiary alicyclic amines) is 1. The Bertz CT molecular complexity index is 762. The largest absolute Gasteiger partial charge is 0.492 e. The summed E-state index contributed by atoms with van der Waals surface area (Å²) in [5.74, 6) is 1.03. The molecule has 2 aliphatic heterocycles. The molecule has 0 radical (unpaired) electrons. The van der Waals surface area contributed by atoms with Gasteiger partial charge in [-0.2, -0.15) is 0 Å². The van der Waals surface area contributed by atoms with Crippen molar-refractivity contribution in [2.45, 2.75) is 24.8 Å². The van der Waals surface area contributed by atoms with E-state index < -0.39 is 0 Å². The van der Waals surface area contributed by atoms with Gasteiger partial charge in [-0.1, -0.05) is 30.3 Å². The van der Waals surface area contributed by atoms with Gasteiger partial charge in [-0.15, -0.1) is 0 Å². The van der Waals surface area contributed by atoms with E-state index in [9.17, 15) is 4.79 Å². The normalized spacial score (nSPS) is 18.6. The predicted octanol–water partition coefficient (Wildman–Crippen LogP) is 2.97. The van der Waals surface area contributed by atoms with E-state index in [1.54, 1.807) is 7.05 Å². The Morgan fingerprint density at radius 3 is 2.56 bits per heavy atom. The number of para-hydroxylation sites is 1. The maximum absolute atomic E-state index is 11.6. The van der Waals surface area contributed by atoms with E-state index in [1.165, 1.54) is 11.1 Å². The zero-order valence-electron chi connectivity index (χ0n) is 14.6. The molecular formula is C21H24N2O2. The Morgan fingerprint density at radius 1 is 1.12 bits per heavy atom. The van der Waals surface area contributed by atoms with Gasteiger partial charge in [-0.25, -0.2) is 0 Å². The third-order valence-corrected chi connectivity index (χ3v) is 5.62. The number of benzene rings is 2. The highest BCUT2D eigenvalue weighted by molar-refractivity contribution is 5.93. The van der Waals surface area contributed by atoms with Gasteiger partial charge in [0.1, 0.15) is 5.75 Å². The molecule has 1 saturated heterocycles. The summed E-state index contributed by atoms with van der Waals surface area (Å²) >= 11 is 0. The van der Waals surface area contributed by atoms with Crippen molar-refractivity contribution in [1.82, 2.24) is 10.2 Å². The smallest absolute Gasteiger partial charge is 0.251 e. The molecule has 4 heteroatoms. The molecule has 2 aromatic rings.